The number of nitrogens with zero attached hydrogens (tertiary/aromatic N) is 1. The van der Waals surface area contributed by atoms with E-state index in [-0.39, 0.29) is 12.3 Å². The monoisotopic (exact) mass is 353 g/mol. The zero-order valence-corrected chi connectivity index (χ0v) is 14.0. The second-order valence-corrected chi connectivity index (χ2v) is 5.96. The molecule has 0 unspecified atom stereocenters. The molecule has 0 fully saturated rings. The molecule has 1 aromatic carbocycles. The van der Waals surface area contributed by atoms with Crippen LogP contribution in [-0.4, -0.2) is 30.6 Å². The van der Waals surface area contributed by atoms with Crippen molar-refractivity contribution in [1.29, 1.82) is 0 Å². The smallest absolute Gasteiger partial charge is 0.413 e. The molecule has 23 heavy (non-hydrogen) atoms. The highest BCUT2D eigenvalue weighted by molar-refractivity contribution is 7.13. The fourth-order valence-corrected chi connectivity index (χ4v) is 2.63. The predicted octanol–water partition coefficient (Wildman–Crippen LogP) is 2.88. The van der Waals surface area contributed by atoms with Crippen LogP contribution in [0.1, 0.15) is 11.3 Å². The van der Waals surface area contributed by atoms with Gasteiger partial charge in [-0.15, -0.1) is 11.3 Å². The van der Waals surface area contributed by atoms with Crippen LogP contribution in [-0.2, 0) is 22.4 Å². The average molecular weight is 354 g/mol. The standard InChI is InChI=1S/C15H16ClN3O3S/c1-22-15(21)19-14-18-12(9-23-14)8-13(20)17-7-6-10-2-4-11(16)5-3-10/h2-5,9H,6-8H2,1H3,(H,17,20)(H,18,19,21). The fourth-order valence-electron chi connectivity index (χ4n) is 1.81. The van der Waals surface area contributed by atoms with E-state index < -0.39 is 6.09 Å². The molecular weight excluding hydrogens is 338 g/mol. The molecule has 8 heteroatoms. The number of anilines is 1. The van der Waals surface area contributed by atoms with Crippen molar-refractivity contribution in [2.45, 2.75) is 12.8 Å². The van der Waals surface area contributed by atoms with Crippen LogP contribution in [0.5, 0.6) is 0 Å². The third-order valence-corrected chi connectivity index (χ3v) is 4.00. The molecule has 6 nitrogen and oxygen atoms in total. The number of benzene rings is 1. The van der Waals surface area contributed by atoms with E-state index in [1.54, 1.807) is 5.38 Å². The van der Waals surface area contributed by atoms with E-state index in [0.717, 1.165) is 12.0 Å². The Morgan fingerprint density at radius 2 is 2.04 bits per heavy atom. The van der Waals surface area contributed by atoms with Crippen molar-refractivity contribution >= 4 is 40.1 Å². The van der Waals surface area contributed by atoms with Gasteiger partial charge >= 0.3 is 6.09 Å². The molecule has 0 saturated carbocycles. The molecule has 0 aliphatic heterocycles. The number of methoxy groups -OCH3 is 1. The lowest BCUT2D eigenvalue weighted by atomic mass is 10.1. The molecule has 2 rings (SSSR count). The number of halogens is 1. The number of amides is 2. The first-order chi connectivity index (χ1) is 11.1. The van der Waals surface area contributed by atoms with Crippen molar-refractivity contribution in [2.24, 2.45) is 0 Å². The van der Waals surface area contributed by atoms with Gasteiger partial charge in [0.2, 0.25) is 5.91 Å². The number of nitrogens with one attached hydrogen (secondary N) is 2. The van der Waals surface area contributed by atoms with Crippen LogP contribution in [0.4, 0.5) is 9.93 Å². The Balaban J connectivity index is 1.74. The van der Waals surface area contributed by atoms with E-state index in [1.165, 1.54) is 18.4 Å². The summed E-state index contributed by atoms with van der Waals surface area (Å²) in [5.41, 5.74) is 1.71. The Bertz CT molecular complexity index is 673. The summed E-state index contributed by atoms with van der Waals surface area (Å²) >= 11 is 7.06. The summed E-state index contributed by atoms with van der Waals surface area (Å²) in [4.78, 5) is 27.1. The van der Waals surface area contributed by atoms with Crippen LogP contribution < -0.4 is 10.6 Å². The highest BCUT2D eigenvalue weighted by Crippen LogP contribution is 2.16. The van der Waals surface area contributed by atoms with Crippen molar-refractivity contribution in [3.63, 3.8) is 0 Å². The molecule has 0 radical (unpaired) electrons. The van der Waals surface area contributed by atoms with Crippen LogP contribution in [0, 0.1) is 0 Å². The molecule has 0 bridgehead atoms. The average Bonchev–Trinajstić information content (AvgIpc) is 2.96. The number of thiazole rings is 1. The van der Waals surface area contributed by atoms with Gasteiger partial charge in [-0.2, -0.15) is 0 Å². The molecule has 0 aliphatic carbocycles. The minimum absolute atomic E-state index is 0.117. The van der Waals surface area contributed by atoms with Gasteiger partial charge in [0.25, 0.3) is 0 Å². The Morgan fingerprint density at radius 3 is 2.74 bits per heavy atom. The summed E-state index contributed by atoms with van der Waals surface area (Å²) in [5.74, 6) is -0.117. The van der Waals surface area contributed by atoms with Gasteiger partial charge in [0.1, 0.15) is 0 Å². The Kier molecular flexibility index (Phi) is 6.37. The van der Waals surface area contributed by atoms with Gasteiger partial charge in [0.15, 0.2) is 5.13 Å². The number of ether oxygens (including phenoxy) is 1. The zero-order chi connectivity index (χ0) is 16.7. The third-order valence-electron chi connectivity index (χ3n) is 2.94. The number of carbonyl (C=O) groups is 2. The highest BCUT2D eigenvalue weighted by atomic mass is 35.5. The van der Waals surface area contributed by atoms with Crippen molar-refractivity contribution in [3.8, 4) is 0 Å². The van der Waals surface area contributed by atoms with Gasteiger partial charge in [-0.1, -0.05) is 23.7 Å². The first-order valence-electron chi connectivity index (χ1n) is 6.87. The summed E-state index contributed by atoms with van der Waals surface area (Å²) in [5, 5.41) is 8.12. The maximum atomic E-state index is 11.9. The predicted molar refractivity (Wildman–Crippen MR) is 90.0 cm³/mol. The van der Waals surface area contributed by atoms with Gasteiger partial charge in [0, 0.05) is 16.9 Å². The number of carbonyl (C=O) groups excluding carboxylic acids is 2. The molecule has 0 atom stereocenters. The first kappa shape index (κ1) is 17.2. The van der Waals surface area contributed by atoms with Gasteiger partial charge in [-0.05, 0) is 24.1 Å². The van der Waals surface area contributed by atoms with Crippen LogP contribution >= 0.6 is 22.9 Å². The van der Waals surface area contributed by atoms with Gasteiger partial charge in [0.05, 0.1) is 19.2 Å². The molecule has 1 heterocycles. The van der Waals surface area contributed by atoms with Gasteiger partial charge < -0.3 is 10.1 Å². The third kappa shape index (κ3) is 5.88. The van der Waals surface area contributed by atoms with Gasteiger partial charge in [-0.3, -0.25) is 10.1 Å². The maximum absolute atomic E-state index is 11.9. The van der Waals surface area contributed by atoms with Crippen molar-refractivity contribution in [2.75, 3.05) is 19.0 Å². The molecule has 122 valence electrons. The zero-order valence-electron chi connectivity index (χ0n) is 12.5. The Labute approximate surface area is 142 Å². The van der Waals surface area contributed by atoms with Crippen molar-refractivity contribution < 1.29 is 14.3 Å². The topological polar surface area (TPSA) is 80.3 Å². The molecule has 0 saturated heterocycles. The largest absolute Gasteiger partial charge is 0.453 e. The quantitative estimate of drug-likeness (QED) is 0.836. The summed E-state index contributed by atoms with van der Waals surface area (Å²) in [6, 6.07) is 7.51. The van der Waals surface area contributed by atoms with E-state index in [2.05, 4.69) is 20.4 Å². The molecule has 1 aromatic heterocycles. The summed E-state index contributed by atoms with van der Waals surface area (Å²) in [6.07, 6.45) is 0.313. The number of hydrogen-bond donors (Lipinski definition) is 2. The SMILES string of the molecule is COC(=O)Nc1nc(CC(=O)NCCc2ccc(Cl)cc2)cs1. The first-order valence-corrected chi connectivity index (χ1v) is 8.13. The fraction of sp³-hybridized carbons (Fsp3) is 0.267. The minimum Gasteiger partial charge on any atom is -0.453 e. The van der Waals surface area contributed by atoms with E-state index in [9.17, 15) is 9.59 Å². The Hall–Kier alpha value is -2.12. The van der Waals surface area contributed by atoms with Crippen molar-refractivity contribution in [1.82, 2.24) is 10.3 Å². The lowest BCUT2D eigenvalue weighted by Gasteiger charge is -2.04. The van der Waals surface area contributed by atoms with Crippen LogP contribution in [0.25, 0.3) is 0 Å². The van der Waals surface area contributed by atoms with Crippen LogP contribution in [0.2, 0.25) is 5.02 Å². The van der Waals surface area contributed by atoms with Crippen LogP contribution in [0.15, 0.2) is 29.6 Å². The summed E-state index contributed by atoms with van der Waals surface area (Å²) in [7, 11) is 1.28. The normalized spacial score (nSPS) is 10.2. The van der Waals surface area contributed by atoms with Gasteiger partial charge in [-0.25, -0.2) is 9.78 Å². The minimum atomic E-state index is -0.585. The number of aromatic nitrogens is 1. The Morgan fingerprint density at radius 1 is 1.30 bits per heavy atom. The maximum Gasteiger partial charge on any atom is 0.413 e. The summed E-state index contributed by atoms with van der Waals surface area (Å²) in [6.45, 7) is 0.540. The number of rotatable bonds is 6. The molecule has 0 spiro atoms. The van der Waals surface area contributed by atoms with E-state index >= 15 is 0 Å². The number of hydrogen-bond acceptors (Lipinski definition) is 5. The van der Waals surface area contributed by atoms with Crippen LogP contribution in [0.3, 0.4) is 0 Å². The molecule has 2 N–H and O–H groups in total. The van der Waals surface area contributed by atoms with E-state index in [4.69, 9.17) is 11.6 Å². The molecule has 2 amide bonds. The molecule has 0 aliphatic rings. The van der Waals surface area contributed by atoms with E-state index in [0.29, 0.717) is 22.4 Å². The molecule has 2 aromatic rings. The lowest BCUT2D eigenvalue weighted by Crippen LogP contribution is -2.27. The second-order valence-electron chi connectivity index (χ2n) is 4.66. The second kappa shape index (κ2) is 8.50. The van der Waals surface area contributed by atoms with Crippen molar-refractivity contribution in [3.05, 3.63) is 45.9 Å². The van der Waals surface area contributed by atoms with E-state index in [1.807, 2.05) is 24.3 Å². The lowest BCUT2D eigenvalue weighted by molar-refractivity contribution is -0.120. The molecular formula is C15H16ClN3O3S. The summed E-state index contributed by atoms with van der Waals surface area (Å²) < 4.78 is 4.48. The highest BCUT2D eigenvalue weighted by Gasteiger charge is 2.09.